The van der Waals surface area contributed by atoms with Gasteiger partial charge in [-0.1, -0.05) is 12.1 Å². The Labute approximate surface area is 119 Å². The van der Waals surface area contributed by atoms with Crippen molar-refractivity contribution in [3.63, 3.8) is 0 Å². The van der Waals surface area contributed by atoms with Gasteiger partial charge in [-0.05, 0) is 18.2 Å². The number of carbonyl (C=O) groups excluding carboxylic acids is 1. The van der Waals surface area contributed by atoms with E-state index in [0.717, 1.165) is 11.0 Å². The van der Waals surface area contributed by atoms with Crippen LogP contribution in [0, 0.1) is 0 Å². The zero-order valence-corrected chi connectivity index (χ0v) is 11.4. The second-order valence-electron chi connectivity index (χ2n) is 4.66. The van der Waals surface area contributed by atoms with E-state index in [1.165, 1.54) is 6.26 Å². The van der Waals surface area contributed by atoms with Crippen LogP contribution < -0.4 is 17.0 Å². The fourth-order valence-corrected chi connectivity index (χ4v) is 2.41. The van der Waals surface area contributed by atoms with Crippen LogP contribution in [0.5, 0.6) is 0 Å². The Hall–Kier alpha value is -2.80. The van der Waals surface area contributed by atoms with Gasteiger partial charge in [0.25, 0.3) is 0 Å². The molecule has 108 valence electrons. The largest absolute Gasteiger partial charge is 0.459 e. The van der Waals surface area contributed by atoms with Crippen LogP contribution >= 0.6 is 0 Å². The Kier molecular flexibility index (Phi) is 3.11. The molecule has 0 bridgehead atoms. The fraction of sp³-hybridized carbons (Fsp3) is 0.143. The van der Waals surface area contributed by atoms with Crippen molar-refractivity contribution in [2.45, 2.75) is 6.54 Å². The molecule has 2 heterocycles. The molecule has 0 atom stereocenters. The number of furan rings is 1. The van der Waals surface area contributed by atoms with Crippen molar-refractivity contribution in [3.8, 4) is 0 Å². The number of aromatic nitrogens is 2. The Bertz CT molecular complexity index is 872. The number of nitrogens with one attached hydrogen (secondary N) is 1. The number of benzene rings is 1. The van der Waals surface area contributed by atoms with Gasteiger partial charge in [0.05, 0.1) is 23.8 Å². The highest BCUT2D eigenvalue weighted by atomic mass is 16.3. The first-order chi connectivity index (χ1) is 10.1. The molecule has 7 heteroatoms. The normalized spacial score (nSPS) is 11.0. The van der Waals surface area contributed by atoms with Gasteiger partial charge in [-0.2, -0.15) is 0 Å². The smallest absolute Gasteiger partial charge is 0.329 e. The Morgan fingerprint density at radius 3 is 2.71 bits per heavy atom. The van der Waals surface area contributed by atoms with E-state index in [9.17, 15) is 9.59 Å². The number of rotatable bonds is 3. The molecule has 7 nitrogen and oxygen atoms in total. The maximum atomic E-state index is 12.3. The topological polar surface area (TPSA) is 95.2 Å². The first-order valence-corrected chi connectivity index (χ1v) is 6.35. The number of hydrogen-bond donors (Lipinski definition) is 2. The van der Waals surface area contributed by atoms with Crippen LogP contribution in [0.15, 0.2) is 45.8 Å². The molecule has 0 aliphatic carbocycles. The number of nitrogens with zero attached hydrogens (tertiary/aromatic N) is 2. The molecule has 0 saturated heterocycles. The number of fused-ring (bicyclic) bond motifs is 1. The highest BCUT2D eigenvalue weighted by molar-refractivity contribution is 5.92. The monoisotopic (exact) mass is 286 g/mol. The van der Waals surface area contributed by atoms with Crippen molar-refractivity contribution in [2.75, 3.05) is 0 Å². The fourth-order valence-electron chi connectivity index (χ4n) is 2.41. The van der Waals surface area contributed by atoms with E-state index in [4.69, 9.17) is 10.3 Å². The number of aryl methyl sites for hydroxylation is 1. The SMILES string of the molecule is Cn1c(=O)n(Cc2ccoc2C(=O)NN)c2ccccc21. The summed E-state index contributed by atoms with van der Waals surface area (Å²) >= 11 is 0. The predicted molar refractivity (Wildman–Crippen MR) is 76.6 cm³/mol. The van der Waals surface area contributed by atoms with E-state index in [1.54, 1.807) is 22.2 Å². The molecule has 0 spiro atoms. The third kappa shape index (κ3) is 2.03. The first kappa shape index (κ1) is 13.2. The molecule has 21 heavy (non-hydrogen) atoms. The second kappa shape index (κ2) is 4.95. The van der Waals surface area contributed by atoms with Crippen LogP contribution in [0.25, 0.3) is 11.0 Å². The first-order valence-electron chi connectivity index (χ1n) is 6.35. The Balaban J connectivity index is 2.12. The third-order valence-corrected chi connectivity index (χ3v) is 3.46. The molecule has 3 rings (SSSR count). The number of nitrogens with two attached hydrogens (primary N) is 1. The van der Waals surface area contributed by atoms with Gasteiger partial charge in [0.2, 0.25) is 0 Å². The Morgan fingerprint density at radius 2 is 2.00 bits per heavy atom. The van der Waals surface area contributed by atoms with E-state index in [1.807, 2.05) is 29.7 Å². The molecule has 0 aliphatic heterocycles. The van der Waals surface area contributed by atoms with Gasteiger partial charge in [0, 0.05) is 12.6 Å². The van der Waals surface area contributed by atoms with Crippen LogP contribution in [0.2, 0.25) is 0 Å². The number of hydrogen-bond acceptors (Lipinski definition) is 4. The van der Waals surface area contributed by atoms with E-state index in [0.29, 0.717) is 5.56 Å². The quantitative estimate of drug-likeness (QED) is 0.418. The average Bonchev–Trinajstić information content (AvgIpc) is 3.06. The van der Waals surface area contributed by atoms with Crippen molar-refractivity contribution < 1.29 is 9.21 Å². The number of para-hydroxylation sites is 2. The third-order valence-electron chi connectivity index (χ3n) is 3.46. The number of hydrazine groups is 1. The zero-order valence-electron chi connectivity index (χ0n) is 11.4. The molecule has 1 aromatic carbocycles. The summed E-state index contributed by atoms with van der Waals surface area (Å²) in [6, 6.07) is 9.12. The minimum absolute atomic E-state index is 0.109. The van der Waals surface area contributed by atoms with E-state index in [-0.39, 0.29) is 18.0 Å². The summed E-state index contributed by atoms with van der Waals surface area (Å²) in [5.74, 6) is 4.70. The highest BCUT2D eigenvalue weighted by Gasteiger charge is 2.17. The number of amides is 1. The van der Waals surface area contributed by atoms with E-state index in [2.05, 4.69) is 0 Å². The summed E-state index contributed by atoms with van der Waals surface area (Å²) < 4.78 is 8.29. The van der Waals surface area contributed by atoms with Crippen LogP contribution in [-0.2, 0) is 13.6 Å². The van der Waals surface area contributed by atoms with Crippen molar-refractivity contribution in [3.05, 3.63) is 58.4 Å². The molecule has 3 N–H and O–H groups in total. The van der Waals surface area contributed by atoms with Crippen molar-refractivity contribution in [1.82, 2.24) is 14.6 Å². The minimum atomic E-state index is -0.525. The molecular formula is C14H14N4O3. The molecule has 0 aliphatic rings. The molecule has 0 fully saturated rings. The summed E-state index contributed by atoms with van der Waals surface area (Å²) in [5, 5.41) is 0. The molecular weight excluding hydrogens is 272 g/mol. The summed E-state index contributed by atoms with van der Waals surface area (Å²) in [5.41, 5.74) is 4.09. The molecule has 2 aromatic heterocycles. The van der Waals surface area contributed by atoms with Gasteiger partial charge in [0.15, 0.2) is 5.76 Å². The van der Waals surface area contributed by atoms with Crippen LogP contribution in [0.4, 0.5) is 0 Å². The van der Waals surface area contributed by atoms with E-state index >= 15 is 0 Å². The van der Waals surface area contributed by atoms with Crippen LogP contribution in [-0.4, -0.2) is 15.0 Å². The average molecular weight is 286 g/mol. The standard InChI is InChI=1S/C14H14N4O3/c1-17-10-4-2-3-5-11(10)18(14(17)20)8-9-6-7-21-12(9)13(19)16-15/h2-7H,8,15H2,1H3,(H,16,19). The van der Waals surface area contributed by atoms with Crippen molar-refractivity contribution in [2.24, 2.45) is 12.9 Å². The van der Waals surface area contributed by atoms with Crippen molar-refractivity contribution in [1.29, 1.82) is 0 Å². The lowest BCUT2D eigenvalue weighted by Gasteiger charge is -2.03. The lowest BCUT2D eigenvalue weighted by molar-refractivity contribution is 0.0924. The molecule has 0 saturated carbocycles. The minimum Gasteiger partial charge on any atom is -0.459 e. The Morgan fingerprint density at radius 1 is 1.29 bits per heavy atom. The van der Waals surface area contributed by atoms with Gasteiger partial charge >= 0.3 is 11.6 Å². The maximum absolute atomic E-state index is 12.3. The number of carbonyl (C=O) groups is 1. The van der Waals surface area contributed by atoms with Gasteiger partial charge in [-0.25, -0.2) is 10.6 Å². The predicted octanol–water partition coefficient (Wildman–Crippen LogP) is 0.585. The lowest BCUT2D eigenvalue weighted by Crippen LogP contribution is -2.31. The molecule has 1 amide bonds. The van der Waals surface area contributed by atoms with Crippen LogP contribution in [0.1, 0.15) is 16.1 Å². The summed E-state index contributed by atoms with van der Waals surface area (Å²) in [6.07, 6.45) is 1.40. The van der Waals surface area contributed by atoms with Crippen molar-refractivity contribution >= 4 is 16.9 Å². The molecule has 3 aromatic rings. The summed E-state index contributed by atoms with van der Waals surface area (Å²) in [6.45, 7) is 0.236. The van der Waals surface area contributed by atoms with Gasteiger partial charge in [-0.3, -0.25) is 19.4 Å². The number of nitrogen functional groups attached to an aromatic ring is 1. The van der Waals surface area contributed by atoms with Gasteiger partial charge in [-0.15, -0.1) is 0 Å². The highest BCUT2D eigenvalue weighted by Crippen LogP contribution is 2.16. The van der Waals surface area contributed by atoms with Crippen LogP contribution in [0.3, 0.4) is 0 Å². The molecule has 0 radical (unpaired) electrons. The number of imidazole rings is 1. The maximum Gasteiger partial charge on any atom is 0.329 e. The summed E-state index contributed by atoms with van der Waals surface area (Å²) in [4.78, 5) is 24.0. The van der Waals surface area contributed by atoms with Gasteiger partial charge in [0.1, 0.15) is 0 Å². The van der Waals surface area contributed by atoms with Gasteiger partial charge < -0.3 is 4.42 Å². The second-order valence-corrected chi connectivity index (χ2v) is 4.66. The zero-order chi connectivity index (χ0) is 15.0. The van der Waals surface area contributed by atoms with E-state index < -0.39 is 5.91 Å². The molecule has 0 unspecified atom stereocenters. The lowest BCUT2D eigenvalue weighted by atomic mass is 10.2. The summed E-state index contributed by atoms with van der Waals surface area (Å²) in [7, 11) is 1.71.